The molecule has 0 bridgehead atoms. The van der Waals surface area contributed by atoms with Gasteiger partial charge in [-0.3, -0.25) is 29.6 Å². The van der Waals surface area contributed by atoms with Crippen LogP contribution in [0.5, 0.6) is 5.75 Å². The third kappa shape index (κ3) is 6.90. The lowest BCUT2D eigenvalue weighted by molar-refractivity contribution is -0.133. The number of benzene rings is 2. The van der Waals surface area contributed by atoms with Crippen molar-refractivity contribution in [1.29, 1.82) is 0 Å². The average molecular weight is 667 g/mol. The van der Waals surface area contributed by atoms with Crippen molar-refractivity contribution >= 4 is 34.0 Å². The van der Waals surface area contributed by atoms with Crippen LogP contribution in [0.2, 0.25) is 0 Å². The Kier molecular flexibility index (Phi) is 9.35. The van der Waals surface area contributed by atoms with Gasteiger partial charge >= 0.3 is 0 Å². The zero-order valence-corrected chi connectivity index (χ0v) is 28.1. The van der Waals surface area contributed by atoms with Crippen molar-refractivity contribution in [1.82, 2.24) is 19.8 Å². The highest BCUT2D eigenvalue weighted by molar-refractivity contribution is 6.01. The van der Waals surface area contributed by atoms with E-state index in [4.69, 9.17) is 4.74 Å². The lowest BCUT2D eigenvalue weighted by atomic mass is 9.78. The fourth-order valence-electron chi connectivity index (χ4n) is 7.88. The van der Waals surface area contributed by atoms with Gasteiger partial charge in [-0.1, -0.05) is 0 Å². The molecule has 0 saturated carbocycles. The van der Waals surface area contributed by atoms with Crippen molar-refractivity contribution in [3.8, 4) is 16.9 Å². The topological polar surface area (TPSA) is 109 Å². The van der Waals surface area contributed by atoms with Crippen LogP contribution < -0.4 is 25.8 Å². The summed E-state index contributed by atoms with van der Waals surface area (Å²) >= 11 is 0. The second-order valence-electron chi connectivity index (χ2n) is 13.7. The number of pyridine rings is 2. The second kappa shape index (κ2) is 14.0. The van der Waals surface area contributed by atoms with Gasteiger partial charge in [-0.2, -0.15) is 0 Å². The molecule has 2 amide bonds. The van der Waals surface area contributed by atoms with Crippen LogP contribution in [0.3, 0.4) is 0 Å². The van der Waals surface area contributed by atoms with Gasteiger partial charge in [-0.15, -0.1) is 0 Å². The molecule has 3 aliphatic heterocycles. The molecule has 2 aromatic carbocycles. The number of amides is 2. The van der Waals surface area contributed by atoms with Crippen LogP contribution in [0.4, 0.5) is 15.8 Å². The SMILES string of the molecule is COc1cc(-c2cn(C)c(=O)c3cnccc23)cc(F)c1CN1CCC(C2CCN(c3ccc(NC4CCC(=O)NC4=O)cc3)CC2)CC1. The summed E-state index contributed by atoms with van der Waals surface area (Å²) < 4.78 is 23.0. The number of aryl methyl sites for hydroxylation is 1. The average Bonchev–Trinajstić information content (AvgIpc) is 3.12. The number of imide groups is 1. The first kappa shape index (κ1) is 32.8. The molecule has 4 aromatic rings. The number of hydrogen-bond acceptors (Lipinski definition) is 8. The van der Waals surface area contributed by atoms with E-state index in [9.17, 15) is 14.4 Å². The zero-order valence-electron chi connectivity index (χ0n) is 28.1. The van der Waals surface area contributed by atoms with Gasteiger partial charge in [-0.25, -0.2) is 4.39 Å². The van der Waals surface area contributed by atoms with Gasteiger partial charge in [0, 0.05) is 74.2 Å². The van der Waals surface area contributed by atoms with Crippen molar-refractivity contribution in [2.75, 3.05) is 43.5 Å². The van der Waals surface area contributed by atoms with E-state index < -0.39 is 0 Å². The Hall–Kier alpha value is -4.77. The summed E-state index contributed by atoms with van der Waals surface area (Å²) in [5.41, 5.74) is 3.91. The summed E-state index contributed by atoms with van der Waals surface area (Å²) in [6.45, 7) is 4.37. The van der Waals surface area contributed by atoms with Gasteiger partial charge in [0.2, 0.25) is 11.8 Å². The number of rotatable bonds is 8. The highest BCUT2D eigenvalue weighted by Crippen LogP contribution is 2.37. The van der Waals surface area contributed by atoms with Crippen molar-refractivity contribution in [2.24, 2.45) is 18.9 Å². The van der Waals surface area contributed by atoms with E-state index in [1.165, 1.54) is 10.3 Å². The van der Waals surface area contributed by atoms with Crippen LogP contribution >= 0.6 is 0 Å². The number of piperidine rings is 3. The van der Waals surface area contributed by atoms with Crippen LogP contribution in [0.15, 0.2) is 65.8 Å². The summed E-state index contributed by atoms with van der Waals surface area (Å²) in [5, 5.41) is 6.88. The summed E-state index contributed by atoms with van der Waals surface area (Å²) in [5.74, 6) is 1.09. The summed E-state index contributed by atoms with van der Waals surface area (Å²) in [6.07, 6.45) is 10.3. The number of nitrogens with one attached hydrogen (secondary N) is 2. The number of halogens is 1. The van der Waals surface area contributed by atoms with E-state index in [2.05, 4.69) is 37.6 Å². The van der Waals surface area contributed by atoms with Crippen molar-refractivity contribution in [3.05, 3.63) is 82.8 Å². The molecule has 2 N–H and O–H groups in total. The van der Waals surface area contributed by atoms with Gasteiger partial charge < -0.3 is 19.5 Å². The molecule has 0 spiro atoms. The van der Waals surface area contributed by atoms with Crippen LogP contribution in [-0.4, -0.2) is 65.6 Å². The minimum Gasteiger partial charge on any atom is -0.496 e. The third-order valence-electron chi connectivity index (χ3n) is 10.7. The van der Waals surface area contributed by atoms with Gasteiger partial charge in [0.15, 0.2) is 0 Å². The first-order chi connectivity index (χ1) is 23.8. The lowest BCUT2D eigenvalue weighted by Gasteiger charge is -2.41. The summed E-state index contributed by atoms with van der Waals surface area (Å²) in [7, 11) is 3.27. The molecule has 7 rings (SSSR count). The molecule has 10 nitrogen and oxygen atoms in total. The first-order valence-electron chi connectivity index (χ1n) is 17.2. The van der Waals surface area contributed by atoms with E-state index in [-0.39, 0.29) is 29.2 Å². The Morgan fingerprint density at radius 1 is 0.939 bits per heavy atom. The molecule has 5 heterocycles. The van der Waals surface area contributed by atoms with Crippen LogP contribution in [0.1, 0.15) is 44.1 Å². The standard InChI is InChI=1S/C38H43FN6O4/c1-43-22-31(29-9-14-40-21-30(29)38(43)48)26-19-33(39)32(35(20-26)49-2)23-44-15-10-24(11-16-44)25-12-17-45(18-13-25)28-5-3-27(4-6-28)41-34-7-8-36(46)42-37(34)47/h3-6,9,14,19-22,24-25,34,41H,7-8,10-13,15-18,23H2,1-2H3,(H,42,46,47). The number of likely N-dealkylation sites (tertiary alicyclic amines) is 1. The molecular formula is C38H43FN6O4. The Balaban J connectivity index is 0.930. The highest BCUT2D eigenvalue weighted by Gasteiger charge is 2.31. The van der Waals surface area contributed by atoms with E-state index in [0.717, 1.165) is 68.5 Å². The third-order valence-corrected chi connectivity index (χ3v) is 10.7. The number of hydrogen-bond donors (Lipinski definition) is 2. The van der Waals surface area contributed by atoms with Crippen LogP contribution in [-0.2, 0) is 23.2 Å². The van der Waals surface area contributed by atoms with Gasteiger partial charge in [0.25, 0.3) is 5.56 Å². The molecule has 1 atom stereocenters. The maximum Gasteiger partial charge on any atom is 0.259 e. The Bertz CT molecular complexity index is 1910. The molecule has 3 saturated heterocycles. The van der Waals surface area contributed by atoms with Crippen molar-refractivity contribution < 1.29 is 18.7 Å². The number of methoxy groups -OCH3 is 1. The van der Waals surface area contributed by atoms with E-state index in [0.29, 0.717) is 53.5 Å². The maximum atomic E-state index is 15.8. The molecule has 49 heavy (non-hydrogen) atoms. The Morgan fingerprint density at radius 2 is 1.65 bits per heavy atom. The number of aromatic nitrogens is 2. The fraction of sp³-hybridized carbons (Fsp3) is 0.421. The van der Waals surface area contributed by atoms with E-state index in [1.807, 2.05) is 18.2 Å². The molecule has 0 radical (unpaired) electrons. The number of anilines is 2. The number of ether oxygens (including phenoxy) is 1. The lowest BCUT2D eigenvalue weighted by Crippen LogP contribution is -2.47. The second-order valence-corrected chi connectivity index (χ2v) is 13.7. The van der Waals surface area contributed by atoms with Gasteiger partial charge in [-0.05, 0) is 110 Å². The molecule has 3 fully saturated rings. The zero-order chi connectivity index (χ0) is 34.1. The minimum absolute atomic E-state index is 0.141. The molecule has 0 aliphatic carbocycles. The number of carbonyl (C=O) groups excluding carboxylic acids is 2. The maximum absolute atomic E-state index is 15.8. The minimum atomic E-state index is -0.384. The molecule has 1 unspecified atom stereocenters. The van der Waals surface area contributed by atoms with E-state index in [1.54, 1.807) is 44.9 Å². The molecule has 3 aliphatic rings. The fourth-order valence-corrected chi connectivity index (χ4v) is 7.88. The summed E-state index contributed by atoms with van der Waals surface area (Å²) in [4.78, 5) is 45.1. The molecule has 11 heteroatoms. The summed E-state index contributed by atoms with van der Waals surface area (Å²) in [6, 6.07) is 13.1. The number of carbonyl (C=O) groups is 2. The van der Waals surface area contributed by atoms with Crippen LogP contribution in [0, 0.1) is 17.7 Å². The number of fused-ring (bicyclic) bond motifs is 1. The molecular weight excluding hydrogens is 623 g/mol. The Morgan fingerprint density at radius 3 is 2.35 bits per heavy atom. The van der Waals surface area contributed by atoms with Gasteiger partial charge in [0.1, 0.15) is 17.6 Å². The smallest absolute Gasteiger partial charge is 0.259 e. The largest absolute Gasteiger partial charge is 0.496 e. The number of nitrogens with zero attached hydrogens (tertiary/aromatic N) is 4. The Labute approximate surface area is 285 Å². The monoisotopic (exact) mass is 666 g/mol. The van der Waals surface area contributed by atoms with Gasteiger partial charge in [0.05, 0.1) is 12.5 Å². The predicted molar refractivity (Wildman–Crippen MR) is 188 cm³/mol. The first-order valence-corrected chi connectivity index (χ1v) is 17.2. The van der Waals surface area contributed by atoms with Crippen molar-refractivity contribution in [3.63, 3.8) is 0 Å². The normalized spacial score (nSPS) is 19.7. The predicted octanol–water partition coefficient (Wildman–Crippen LogP) is 5.09. The van der Waals surface area contributed by atoms with E-state index >= 15 is 4.39 Å². The highest BCUT2D eigenvalue weighted by atomic mass is 19.1. The molecule has 256 valence electrons. The quantitative estimate of drug-likeness (QED) is 0.251. The van der Waals surface area contributed by atoms with Crippen LogP contribution in [0.25, 0.3) is 21.9 Å². The molecule has 2 aromatic heterocycles. The van der Waals surface area contributed by atoms with Crippen molar-refractivity contribution in [2.45, 2.75) is 51.1 Å².